The van der Waals surface area contributed by atoms with Gasteiger partial charge < -0.3 is 82.8 Å². The number of morpholine rings is 1. The number of piperazine rings is 3. The van der Waals surface area contributed by atoms with Gasteiger partial charge in [0.2, 0.25) is 11.9 Å². The van der Waals surface area contributed by atoms with E-state index >= 15 is 0 Å². The Hall–Kier alpha value is -14.6. The molecule has 10 aromatic carbocycles. The Morgan fingerprint density at radius 1 is 0.328 bits per heavy atom. The first-order valence-electron chi connectivity index (χ1n) is 46.6. The van der Waals surface area contributed by atoms with E-state index < -0.39 is 0 Å². The van der Waals surface area contributed by atoms with Crippen LogP contribution in [0.4, 0.5) is 112 Å². The van der Waals surface area contributed by atoms with Gasteiger partial charge in [0.1, 0.15) is 40.2 Å². The number of nitrogens with zero attached hydrogens (tertiary/aromatic N) is 17. The zero-order chi connectivity index (χ0) is 95.8. The maximum atomic E-state index is 14.7. The SMILES string of the molecule is COc1ccc(N2C(=O)N(c3c(C)cccc3C)Cc3ccc(Cc4cc(N5CCOCC5)cc(N5CCN(C)CC5)c4)cc32)c(OC)c1.COc1ccc(N2C(=O)N(c3c(C)cccc3C)Cc3cnc(Nc4ccc(N5CCN(C)CC5)cc4)nc32)c(OC)c1.COc1ccc(N2C(=O)N(c3c(C)cccc3C)Cc3cnc(Nc4ccc(N5CCN(C)CC5)cc4OC)nc32)c(OC)c1. The number of fused-ring (bicyclic) bond motifs is 3. The van der Waals surface area contributed by atoms with Gasteiger partial charge in [-0.1, -0.05) is 66.7 Å². The number of aromatic nitrogens is 4. The van der Waals surface area contributed by atoms with Crippen LogP contribution in [0.25, 0.3) is 0 Å². The summed E-state index contributed by atoms with van der Waals surface area (Å²) >= 11 is 0. The second-order valence-electron chi connectivity index (χ2n) is 35.7. The Morgan fingerprint density at radius 3 is 1.13 bits per heavy atom. The molecule has 12 aromatic rings. The van der Waals surface area contributed by atoms with Gasteiger partial charge in [0, 0.05) is 168 Å². The van der Waals surface area contributed by atoms with E-state index in [2.05, 4.69) is 157 Å². The van der Waals surface area contributed by atoms with Crippen LogP contribution in [-0.4, -0.2) is 228 Å². The molecule has 0 unspecified atom stereocenters. The molecule has 4 saturated heterocycles. The number of urea groups is 3. The van der Waals surface area contributed by atoms with E-state index in [1.54, 1.807) is 100.0 Å². The number of anilines is 17. The van der Waals surface area contributed by atoms with Crippen LogP contribution in [-0.2, 0) is 30.8 Å². The van der Waals surface area contributed by atoms with Crippen molar-refractivity contribution in [3.63, 3.8) is 0 Å². The highest BCUT2D eigenvalue weighted by Gasteiger charge is 2.41. The molecule has 137 heavy (non-hydrogen) atoms. The molecule has 30 nitrogen and oxygen atoms in total. The number of amides is 6. The van der Waals surface area contributed by atoms with Crippen LogP contribution in [0.3, 0.4) is 0 Å². The zero-order valence-corrected chi connectivity index (χ0v) is 81.3. The standard InChI is InChI=1S/C40H47N5O4.C34H39N7O4.C33H37N7O3/c1-28-7-6-8-29(2)39(28)44-27-32-10-9-30(24-37(32)45(40(44)46)36-12-11-35(47-4)26-38(36)48-5)21-31-22-33(42-15-13-41(3)14-16-42)25-34(23-31)43-17-19-49-20-18-43;1-22-8-7-9-23(2)31(22)40-21-24-20-35-33(36-27-12-10-25(18-29(27)44-5)39-16-14-38(3)15-17-39)37-32(24)41(34(40)42)28-13-11-26(43-4)19-30(28)45-6;1-22-7-6-8-23(2)30(22)39-21-24-20-34-32(35-25-9-11-26(12-10-25)38-17-15-37(3)16-18-38)36-31(24)40(33(39)41)28-14-13-27(42-4)19-29(28)43-5/h6-12,22-26H,13-21,27H2,1-5H3;7-13,18-20H,14-17,21H2,1-6H3,(H,35,36,37);6-14,19-20H,15-18,21H2,1-5H3,(H,34,35,36). The molecule has 4 fully saturated rings. The maximum absolute atomic E-state index is 14.7. The molecule has 0 saturated carbocycles. The Morgan fingerprint density at radius 2 is 0.708 bits per heavy atom. The molecule has 6 amide bonds. The third-order valence-corrected chi connectivity index (χ3v) is 26.7. The molecule has 0 atom stereocenters. The van der Waals surface area contributed by atoms with Gasteiger partial charge in [-0.3, -0.25) is 19.6 Å². The zero-order valence-electron chi connectivity index (χ0n) is 81.3. The van der Waals surface area contributed by atoms with Gasteiger partial charge in [0.05, 0.1) is 128 Å². The molecule has 2 aromatic heterocycles. The van der Waals surface area contributed by atoms with E-state index in [0.29, 0.717) is 100 Å². The van der Waals surface area contributed by atoms with Crippen molar-refractivity contribution in [1.82, 2.24) is 34.6 Å². The normalized spacial score (nSPS) is 15.9. The smallest absolute Gasteiger partial charge is 0.335 e. The van der Waals surface area contributed by atoms with Crippen LogP contribution < -0.4 is 92.8 Å². The Labute approximate surface area is 803 Å². The largest absolute Gasteiger partial charge is 0.497 e. The number of nitrogens with one attached hydrogen (secondary N) is 2. The first kappa shape index (κ1) is 94.2. The second-order valence-corrected chi connectivity index (χ2v) is 35.7. The fourth-order valence-electron chi connectivity index (χ4n) is 19.1. The third-order valence-electron chi connectivity index (χ3n) is 26.7. The minimum Gasteiger partial charge on any atom is -0.497 e. The molecule has 712 valence electrons. The summed E-state index contributed by atoms with van der Waals surface area (Å²) in [6.45, 7) is 28.8. The van der Waals surface area contributed by atoms with Crippen LogP contribution in [0, 0.1) is 41.5 Å². The molecule has 19 rings (SSSR count). The highest BCUT2D eigenvalue weighted by Crippen LogP contribution is 2.49. The second kappa shape index (κ2) is 41.7. The van der Waals surface area contributed by atoms with Gasteiger partial charge in [-0.25, -0.2) is 34.2 Å². The molecular weight excluding hydrogens is 1730 g/mol. The number of methoxy groups -OCH3 is 7. The topological polar surface area (TPSA) is 243 Å². The van der Waals surface area contributed by atoms with Gasteiger partial charge in [-0.05, 0) is 216 Å². The lowest BCUT2D eigenvalue weighted by molar-refractivity contribution is 0.122. The van der Waals surface area contributed by atoms with Gasteiger partial charge in [0.15, 0.2) is 11.6 Å². The van der Waals surface area contributed by atoms with Crippen molar-refractivity contribution in [3.8, 4) is 40.2 Å². The Balaban J connectivity index is 0.000000143. The number of hydrogen-bond acceptors (Lipinski definition) is 24. The summed E-state index contributed by atoms with van der Waals surface area (Å²) < 4.78 is 45.1. The summed E-state index contributed by atoms with van der Waals surface area (Å²) in [4.78, 5) is 89.8. The lowest BCUT2D eigenvalue weighted by Crippen LogP contribution is -2.46. The first-order chi connectivity index (χ1) is 66.5. The molecule has 0 radical (unpaired) electrons. The molecular formula is C107H123N19O11. The average molecular weight is 1850 g/mol. The van der Waals surface area contributed by atoms with E-state index in [9.17, 15) is 14.4 Å². The monoisotopic (exact) mass is 1850 g/mol. The summed E-state index contributed by atoms with van der Waals surface area (Å²) in [6.07, 6.45) is 4.31. The fourth-order valence-corrected chi connectivity index (χ4v) is 19.1. The van der Waals surface area contributed by atoms with Crippen molar-refractivity contribution in [1.29, 1.82) is 0 Å². The molecule has 0 bridgehead atoms. The number of ether oxygens (including phenoxy) is 8. The van der Waals surface area contributed by atoms with E-state index in [0.717, 1.165) is 207 Å². The van der Waals surface area contributed by atoms with E-state index in [-0.39, 0.29) is 18.1 Å². The van der Waals surface area contributed by atoms with Crippen LogP contribution in [0.1, 0.15) is 61.2 Å². The Kier molecular flexibility index (Phi) is 28.7. The predicted octanol–water partition coefficient (Wildman–Crippen LogP) is 18.6. The number of para-hydroxylation sites is 3. The molecule has 7 aliphatic rings. The van der Waals surface area contributed by atoms with E-state index in [1.807, 2.05) is 141 Å². The van der Waals surface area contributed by atoms with Crippen molar-refractivity contribution in [2.24, 2.45) is 0 Å². The minimum atomic E-state index is -0.248. The van der Waals surface area contributed by atoms with Crippen LogP contribution in [0.15, 0.2) is 200 Å². The summed E-state index contributed by atoms with van der Waals surface area (Å²) in [5.74, 6) is 5.84. The van der Waals surface area contributed by atoms with Crippen LogP contribution in [0.5, 0.6) is 40.2 Å². The molecule has 9 heterocycles. The predicted molar refractivity (Wildman–Crippen MR) is 545 cm³/mol. The first-order valence-corrected chi connectivity index (χ1v) is 46.6. The van der Waals surface area contributed by atoms with Crippen molar-refractivity contribution >= 4 is 116 Å². The van der Waals surface area contributed by atoms with Crippen LogP contribution >= 0.6 is 0 Å². The number of hydrogen-bond donors (Lipinski definition) is 2. The third kappa shape index (κ3) is 20.2. The fraction of sp³-hybridized carbons (Fsp3) is 0.336. The van der Waals surface area contributed by atoms with Gasteiger partial charge in [-0.15, -0.1) is 0 Å². The number of carbonyl (C=O) groups excluding carboxylic acids is 3. The van der Waals surface area contributed by atoms with Crippen LogP contribution in [0.2, 0.25) is 0 Å². The molecule has 0 spiro atoms. The van der Waals surface area contributed by atoms with E-state index in [1.165, 1.54) is 22.6 Å². The summed E-state index contributed by atoms with van der Waals surface area (Å²) in [5, 5.41) is 6.66. The van der Waals surface area contributed by atoms with Crippen molar-refractivity contribution in [2.45, 2.75) is 67.6 Å². The van der Waals surface area contributed by atoms with Crippen molar-refractivity contribution in [2.75, 3.05) is 235 Å². The molecule has 30 heteroatoms. The number of likely N-dealkylation sites (N-methyl/N-ethyl adjacent to an activating group) is 3. The number of aryl methyl sites for hydroxylation is 6. The lowest BCUT2D eigenvalue weighted by Gasteiger charge is -2.39. The average Bonchev–Trinajstić information content (AvgIpc) is 0.752. The maximum Gasteiger partial charge on any atom is 0.335 e. The van der Waals surface area contributed by atoms with Crippen molar-refractivity contribution < 1.29 is 52.3 Å². The molecule has 0 aliphatic carbocycles. The number of carbonyl (C=O) groups is 3. The highest BCUT2D eigenvalue weighted by molar-refractivity contribution is 6.14. The molecule has 7 aliphatic heterocycles. The summed E-state index contributed by atoms with van der Waals surface area (Å²) in [7, 11) is 17.8. The van der Waals surface area contributed by atoms with Gasteiger partial charge in [-0.2, -0.15) is 9.97 Å². The summed E-state index contributed by atoms with van der Waals surface area (Å²) in [6, 6.07) is 62.0. The quantitative estimate of drug-likeness (QED) is 0.0604. The highest BCUT2D eigenvalue weighted by atomic mass is 16.5. The number of rotatable bonds is 23. The number of benzene rings is 10. The van der Waals surface area contributed by atoms with Gasteiger partial charge in [0.25, 0.3) is 0 Å². The Bertz CT molecular complexity index is 6330. The lowest BCUT2D eigenvalue weighted by atomic mass is 9.97. The van der Waals surface area contributed by atoms with E-state index in [4.69, 9.17) is 47.9 Å². The van der Waals surface area contributed by atoms with Gasteiger partial charge >= 0.3 is 18.1 Å². The minimum absolute atomic E-state index is 0.114. The summed E-state index contributed by atoms with van der Waals surface area (Å²) in [5.41, 5.74) is 23.0. The molecule has 2 N–H and O–H groups in total. The van der Waals surface area contributed by atoms with Crippen molar-refractivity contribution in [3.05, 3.63) is 262 Å².